The number of aliphatic hydroxyl groups is 1. The lowest BCUT2D eigenvalue weighted by atomic mass is 10.2. The number of ether oxygens (including phenoxy) is 1. The van der Waals surface area contributed by atoms with Crippen LogP contribution < -0.4 is 5.73 Å². The van der Waals surface area contributed by atoms with Crippen molar-refractivity contribution < 1.29 is 19.0 Å². The molecule has 0 bridgehead atoms. The maximum atomic E-state index is 13.3. The highest BCUT2D eigenvalue weighted by Crippen LogP contribution is 2.19. The molecule has 0 radical (unpaired) electrons. The largest absolute Gasteiger partial charge is 0.393 e. The van der Waals surface area contributed by atoms with Gasteiger partial charge in [-0.25, -0.2) is 9.18 Å². The van der Waals surface area contributed by atoms with Crippen LogP contribution in [-0.2, 0) is 4.74 Å². The molecule has 0 aliphatic carbocycles. The molecule has 0 aromatic rings. The van der Waals surface area contributed by atoms with Gasteiger partial charge < -0.3 is 15.6 Å². The lowest BCUT2D eigenvalue weighted by molar-refractivity contribution is -0.0400. The lowest BCUT2D eigenvalue weighted by Gasteiger charge is -2.30. The van der Waals surface area contributed by atoms with Crippen molar-refractivity contribution in [1.82, 2.24) is 4.90 Å². The molecule has 1 unspecified atom stereocenters. The number of hydrogen-bond donors (Lipinski definition) is 2. The van der Waals surface area contributed by atoms with Crippen LogP contribution in [0, 0.1) is 0 Å². The van der Waals surface area contributed by atoms with Crippen LogP contribution in [0.5, 0.6) is 0 Å². The summed E-state index contributed by atoms with van der Waals surface area (Å²) >= 11 is 0. The van der Waals surface area contributed by atoms with E-state index in [1.54, 1.807) is 12.2 Å². The van der Waals surface area contributed by atoms with Crippen molar-refractivity contribution in [3.63, 3.8) is 0 Å². The maximum absolute atomic E-state index is 13.3. The number of halogens is 1. The molecule has 2 aliphatic heterocycles. The van der Waals surface area contributed by atoms with Gasteiger partial charge in [0.05, 0.1) is 13.2 Å². The van der Waals surface area contributed by atoms with Crippen molar-refractivity contribution >= 4 is 11.9 Å². The second kappa shape index (κ2) is 4.18. The van der Waals surface area contributed by atoms with Crippen LogP contribution in [0.4, 0.5) is 9.18 Å². The quantitative estimate of drug-likeness (QED) is 0.618. The van der Waals surface area contributed by atoms with E-state index in [2.05, 4.69) is 4.99 Å². The average Bonchev–Trinajstić information content (AvgIpc) is 2.71. The first-order chi connectivity index (χ1) is 7.61. The zero-order valence-electron chi connectivity index (χ0n) is 8.41. The number of carbonyl (C=O) groups excluding carboxylic acids is 1. The van der Waals surface area contributed by atoms with Crippen molar-refractivity contribution in [2.24, 2.45) is 10.7 Å². The number of amides is 2. The van der Waals surface area contributed by atoms with E-state index in [0.717, 1.165) is 4.90 Å². The molecule has 88 valence electrons. The summed E-state index contributed by atoms with van der Waals surface area (Å²) in [5, 5.41) is 8.84. The average molecular weight is 229 g/mol. The maximum Gasteiger partial charge on any atom is 0.347 e. The molecule has 0 saturated carbocycles. The Morgan fingerprint density at radius 2 is 2.44 bits per heavy atom. The van der Waals surface area contributed by atoms with Crippen LogP contribution in [0.25, 0.3) is 0 Å². The Bertz CT molecular complexity index is 358. The lowest BCUT2D eigenvalue weighted by Crippen LogP contribution is -2.50. The van der Waals surface area contributed by atoms with Crippen LogP contribution in [0.2, 0.25) is 0 Å². The van der Waals surface area contributed by atoms with Crippen molar-refractivity contribution in [2.75, 3.05) is 13.2 Å². The van der Waals surface area contributed by atoms with Crippen molar-refractivity contribution in [3.8, 4) is 0 Å². The van der Waals surface area contributed by atoms with Gasteiger partial charge in [0.2, 0.25) is 0 Å². The van der Waals surface area contributed by atoms with E-state index in [1.807, 2.05) is 0 Å². The van der Waals surface area contributed by atoms with Gasteiger partial charge in [0.15, 0.2) is 12.4 Å². The first kappa shape index (κ1) is 11.0. The Morgan fingerprint density at radius 1 is 1.69 bits per heavy atom. The third-order valence-corrected chi connectivity index (χ3v) is 2.44. The smallest absolute Gasteiger partial charge is 0.347 e. The molecular formula is C9H12FN3O3. The van der Waals surface area contributed by atoms with E-state index in [-0.39, 0.29) is 19.0 Å². The van der Waals surface area contributed by atoms with E-state index in [1.165, 1.54) is 0 Å². The fraction of sp³-hybridized carbons (Fsp3) is 0.556. The number of nitrogens with zero attached hydrogens (tertiary/aromatic N) is 2. The Labute approximate surface area is 91.2 Å². The van der Waals surface area contributed by atoms with E-state index in [4.69, 9.17) is 15.6 Å². The number of carbonyl (C=O) groups is 1. The molecule has 7 heteroatoms. The normalized spacial score (nSPS) is 34.4. The topological polar surface area (TPSA) is 88.2 Å². The monoisotopic (exact) mass is 229 g/mol. The zero-order valence-corrected chi connectivity index (χ0v) is 8.41. The number of rotatable bonds is 2. The molecule has 0 aromatic heterocycles. The highest BCUT2D eigenvalue weighted by molar-refractivity contribution is 5.98. The molecule has 0 fully saturated rings. The highest BCUT2D eigenvalue weighted by Gasteiger charge is 2.34. The van der Waals surface area contributed by atoms with Crippen LogP contribution in [0.3, 0.4) is 0 Å². The molecule has 16 heavy (non-hydrogen) atoms. The number of aliphatic hydroxyl groups excluding tert-OH is 1. The summed E-state index contributed by atoms with van der Waals surface area (Å²) in [6, 6.07) is -0.625. The Morgan fingerprint density at radius 3 is 3.06 bits per heavy atom. The molecule has 0 spiro atoms. The summed E-state index contributed by atoms with van der Waals surface area (Å²) in [6.07, 6.45) is 0.594. The number of nitrogens with two attached hydrogens (primary N) is 1. The van der Waals surface area contributed by atoms with Crippen LogP contribution in [0.1, 0.15) is 0 Å². The minimum atomic E-state index is -1.47. The van der Waals surface area contributed by atoms with Gasteiger partial charge in [-0.3, -0.25) is 4.90 Å². The summed E-state index contributed by atoms with van der Waals surface area (Å²) in [7, 11) is 0. The molecule has 3 atom stereocenters. The van der Waals surface area contributed by atoms with E-state index >= 15 is 0 Å². The standard InChI is InChI=1S/C9H12FN3O3/c10-6-3-13(9(15)12-8(6)11)7-2-1-5(4-14)16-7/h1-2,5-7,14H,3-4H2,(H2,11,12,15)/t5-,6?,7+/m1/s1. The van der Waals surface area contributed by atoms with Gasteiger partial charge in [0, 0.05) is 0 Å². The van der Waals surface area contributed by atoms with E-state index < -0.39 is 24.5 Å². The summed E-state index contributed by atoms with van der Waals surface area (Å²) in [5.74, 6) is -0.304. The number of urea groups is 1. The fourth-order valence-corrected chi connectivity index (χ4v) is 1.57. The molecule has 6 nitrogen and oxygen atoms in total. The fourth-order valence-electron chi connectivity index (χ4n) is 1.57. The van der Waals surface area contributed by atoms with Gasteiger partial charge in [-0.05, 0) is 6.08 Å². The molecule has 2 heterocycles. The molecular weight excluding hydrogens is 217 g/mol. The second-order valence-corrected chi connectivity index (χ2v) is 3.57. The van der Waals surface area contributed by atoms with Gasteiger partial charge in [0.25, 0.3) is 0 Å². The predicted octanol–water partition coefficient (Wildman–Crippen LogP) is -0.609. The Balaban J connectivity index is 2.07. The van der Waals surface area contributed by atoms with Crippen molar-refractivity contribution in [1.29, 1.82) is 0 Å². The van der Waals surface area contributed by atoms with E-state index in [0.29, 0.717) is 0 Å². The van der Waals surface area contributed by atoms with E-state index in [9.17, 15) is 9.18 Å². The number of hydrogen-bond acceptors (Lipinski definition) is 4. The van der Waals surface area contributed by atoms with Gasteiger partial charge in [-0.15, -0.1) is 0 Å². The van der Waals surface area contributed by atoms with Crippen LogP contribution >= 0.6 is 0 Å². The van der Waals surface area contributed by atoms with Gasteiger partial charge >= 0.3 is 6.03 Å². The van der Waals surface area contributed by atoms with Crippen molar-refractivity contribution in [2.45, 2.75) is 18.5 Å². The summed E-state index contributed by atoms with van der Waals surface area (Å²) in [6.45, 7) is -0.360. The second-order valence-electron chi connectivity index (χ2n) is 3.57. The third-order valence-electron chi connectivity index (χ3n) is 2.44. The third kappa shape index (κ3) is 1.91. The molecule has 3 N–H and O–H groups in total. The minimum Gasteiger partial charge on any atom is -0.393 e. The van der Waals surface area contributed by atoms with Gasteiger partial charge in [-0.2, -0.15) is 4.99 Å². The molecule has 2 aliphatic rings. The van der Waals surface area contributed by atoms with Gasteiger partial charge in [0.1, 0.15) is 11.9 Å². The zero-order chi connectivity index (χ0) is 11.7. The van der Waals surface area contributed by atoms with Gasteiger partial charge in [-0.1, -0.05) is 6.08 Å². The van der Waals surface area contributed by atoms with Crippen molar-refractivity contribution in [3.05, 3.63) is 12.2 Å². The molecule has 0 aromatic carbocycles. The number of alkyl halides is 1. The summed E-state index contributed by atoms with van der Waals surface area (Å²) < 4.78 is 18.5. The van der Waals surface area contributed by atoms with Crippen LogP contribution in [-0.4, -0.2) is 53.5 Å². The molecule has 0 saturated heterocycles. The predicted molar refractivity (Wildman–Crippen MR) is 53.5 cm³/mol. The number of aliphatic imine (C=N–C) groups is 1. The first-order valence-electron chi connectivity index (χ1n) is 4.85. The molecule has 2 rings (SSSR count). The first-order valence-corrected chi connectivity index (χ1v) is 4.85. The molecule has 2 amide bonds. The minimum absolute atomic E-state index is 0.179. The SMILES string of the molecule is NC1=NC(=O)N([C@@H]2C=C[C@H](CO)O2)CC1F. The Hall–Kier alpha value is -1.47. The summed E-state index contributed by atoms with van der Waals surface area (Å²) in [4.78, 5) is 16.0. The Kier molecular flexibility index (Phi) is 2.88. The highest BCUT2D eigenvalue weighted by atomic mass is 19.1. The summed E-state index contributed by atoms with van der Waals surface area (Å²) in [5.41, 5.74) is 5.21. The number of amidine groups is 1. The van der Waals surface area contributed by atoms with Crippen LogP contribution in [0.15, 0.2) is 17.1 Å².